The number of carbonyl (C=O) groups excluding carboxylic acids is 1. The monoisotopic (exact) mass is 267 g/mol. The number of anilines is 1. The maximum Gasteiger partial charge on any atom is 0.241 e. The summed E-state index contributed by atoms with van der Waals surface area (Å²) in [4.78, 5) is 14.0. The Labute approximate surface area is 114 Å². The summed E-state index contributed by atoms with van der Waals surface area (Å²) in [5.41, 5.74) is 7.54. The number of hydrogen-bond acceptors (Lipinski definition) is 4. The number of nitrogens with zero attached hydrogens (tertiary/aromatic N) is 3. The second-order valence-corrected chi connectivity index (χ2v) is 5.16. The van der Waals surface area contributed by atoms with Gasteiger partial charge in [-0.2, -0.15) is 5.10 Å². The molecule has 0 fully saturated rings. The van der Waals surface area contributed by atoms with Gasteiger partial charge in [-0.25, -0.2) is 0 Å². The first kappa shape index (κ1) is 15.7. The topological polar surface area (TPSA) is 76.2 Å². The molecule has 0 aliphatic heterocycles. The van der Waals surface area contributed by atoms with Crippen molar-refractivity contribution in [2.75, 3.05) is 26.0 Å². The second kappa shape index (κ2) is 7.25. The first-order valence-electron chi connectivity index (χ1n) is 6.61. The smallest absolute Gasteiger partial charge is 0.241 e. The highest BCUT2D eigenvalue weighted by Gasteiger charge is 2.15. The van der Waals surface area contributed by atoms with Crippen LogP contribution >= 0.6 is 0 Å². The van der Waals surface area contributed by atoms with Crippen LogP contribution in [0.25, 0.3) is 0 Å². The van der Waals surface area contributed by atoms with E-state index in [0.29, 0.717) is 6.42 Å². The van der Waals surface area contributed by atoms with E-state index in [1.165, 1.54) is 0 Å². The number of aromatic nitrogens is 2. The number of carbonyl (C=O) groups is 1. The van der Waals surface area contributed by atoms with Crippen molar-refractivity contribution in [3.8, 4) is 0 Å². The van der Waals surface area contributed by atoms with Gasteiger partial charge in [0, 0.05) is 7.05 Å². The highest BCUT2D eigenvalue weighted by molar-refractivity contribution is 5.94. The lowest BCUT2D eigenvalue weighted by molar-refractivity contribution is -0.117. The maximum atomic E-state index is 11.9. The Kier molecular flexibility index (Phi) is 5.98. The molecule has 1 aromatic rings. The number of hydrogen-bond donors (Lipinski definition) is 2. The third kappa shape index (κ3) is 5.00. The van der Waals surface area contributed by atoms with Crippen molar-refractivity contribution in [3.05, 3.63) is 11.9 Å². The van der Waals surface area contributed by atoms with Gasteiger partial charge in [-0.3, -0.25) is 9.48 Å². The molecule has 1 rings (SSSR count). The van der Waals surface area contributed by atoms with Crippen LogP contribution in [0.15, 0.2) is 6.20 Å². The molecule has 0 aliphatic carbocycles. The molecular weight excluding hydrogens is 242 g/mol. The normalized spacial score (nSPS) is 12.7. The zero-order chi connectivity index (χ0) is 14.4. The van der Waals surface area contributed by atoms with Crippen LogP contribution in [0.3, 0.4) is 0 Å². The number of aryl methyl sites for hydroxylation is 1. The Balaban J connectivity index is 2.34. The van der Waals surface area contributed by atoms with Crippen LogP contribution in [0, 0.1) is 6.92 Å². The molecule has 0 aromatic carbocycles. The third-order valence-corrected chi connectivity index (χ3v) is 3.20. The van der Waals surface area contributed by atoms with E-state index in [2.05, 4.69) is 15.3 Å². The number of amides is 1. The van der Waals surface area contributed by atoms with Crippen LogP contribution in [0.1, 0.15) is 25.0 Å². The fraction of sp³-hybridized carbons (Fsp3) is 0.692. The zero-order valence-corrected chi connectivity index (χ0v) is 12.3. The molecule has 0 unspecified atom stereocenters. The quantitative estimate of drug-likeness (QED) is 0.714. The number of rotatable bonds is 7. The molecule has 0 radical (unpaired) electrons. The second-order valence-electron chi connectivity index (χ2n) is 5.16. The van der Waals surface area contributed by atoms with E-state index in [9.17, 15) is 4.79 Å². The molecule has 0 bridgehead atoms. The minimum atomic E-state index is -0.457. The van der Waals surface area contributed by atoms with Gasteiger partial charge >= 0.3 is 0 Å². The van der Waals surface area contributed by atoms with Crippen LogP contribution in [0.2, 0.25) is 0 Å². The maximum absolute atomic E-state index is 11.9. The molecule has 1 aromatic heterocycles. The van der Waals surface area contributed by atoms with E-state index in [4.69, 9.17) is 5.73 Å². The lowest BCUT2D eigenvalue weighted by Crippen LogP contribution is -2.35. The molecule has 1 heterocycles. The SMILES string of the molecule is Cc1c(NC(=O)[C@@H](N)CCCCN(C)C)cnn1C. The van der Waals surface area contributed by atoms with Crippen molar-refractivity contribution in [3.63, 3.8) is 0 Å². The van der Waals surface area contributed by atoms with Crippen molar-refractivity contribution in [2.24, 2.45) is 12.8 Å². The van der Waals surface area contributed by atoms with Gasteiger partial charge in [-0.1, -0.05) is 6.42 Å². The lowest BCUT2D eigenvalue weighted by Gasteiger charge is -2.13. The van der Waals surface area contributed by atoms with Crippen LogP contribution in [-0.4, -0.2) is 47.3 Å². The highest BCUT2D eigenvalue weighted by atomic mass is 16.2. The molecule has 0 spiro atoms. The summed E-state index contributed by atoms with van der Waals surface area (Å²) in [6.45, 7) is 2.93. The molecule has 6 heteroatoms. The molecule has 108 valence electrons. The van der Waals surface area contributed by atoms with Crippen molar-refractivity contribution in [1.82, 2.24) is 14.7 Å². The van der Waals surface area contributed by atoms with Gasteiger partial charge in [0.1, 0.15) is 0 Å². The standard InChI is InChI=1S/C13H25N5O/c1-10-12(9-15-18(10)4)16-13(19)11(14)7-5-6-8-17(2)3/h9,11H,5-8,14H2,1-4H3,(H,16,19)/t11-/m0/s1. The summed E-state index contributed by atoms with van der Waals surface area (Å²) in [6, 6.07) is -0.457. The van der Waals surface area contributed by atoms with Gasteiger partial charge < -0.3 is 16.0 Å². The summed E-state index contributed by atoms with van der Waals surface area (Å²) in [5, 5.41) is 6.90. The van der Waals surface area contributed by atoms with Gasteiger partial charge in [0.2, 0.25) is 5.91 Å². The van der Waals surface area contributed by atoms with Crippen LogP contribution in [0.4, 0.5) is 5.69 Å². The van der Waals surface area contributed by atoms with Gasteiger partial charge in [0.15, 0.2) is 0 Å². The molecule has 6 nitrogen and oxygen atoms in total. The summed E-state index contributed by atoms with van der Waals surface area (Å²) < 4.78 is 1.72. The summed E-state index contributed by atoms with van der Waals surface area (Å²) in [7, 11) is 5.92. The Morgan fingerprint density at radius 2 is 2.21 bits per heavy atom. The number of unbranched alkanes of at least 4 members (excludes halogenated alkanes) is 1. The van der Waals surface area contributed by atoms with Gasteiger partial charge in [-0.15, -0.1) is 0 Å². The van der Waals surface area contributed by atoms with Crippen LogP contribution in [-0.2, 0) is 11.8 Å². The van der Waals surface area contributed by atoms with Crippen LogP contribution < -0.4 is 11.1 Å². The predicted molar refractivity (Wildman–Crippen MR) is 77.0 cm³/mol. The van der Waals surface area contributed by atoms with Gasteiger partial charge in [-0.05, 0) is 40.4 Å². The van der Waals surface area contributed by atoms with Crippen molar-refractivity contribution in [1.29, 1.82) is 0 Å². The Morgan fingerprint density at radius 1 is 1.53 bits per heavy atom. The Bertz CT molecular complexity index is 413. The average Bonchev–Trinajstić information content (AvgIpc) is 2.66. The third-order valence-electron chi connectivity index (χ3n) is 3.20. The number of nitrogens with two attached hydrogens (primary N) is 1. The van der Waals surface area contributed by atoms with Gasteiger partial charge in [0.25, 0.3) is 0 Å². The predicted octanol–water partition coefficient (Wildman–Crippen LogP) is 0.726. The zero-order valence-electron chi connectivity index (χ0n) is 12.3. The van der Waals surface area contributed by atoms with E-state index in [1.54, 1.807) is 10.9 Å². The van der Waals surface area contributed by atoms with Crippen molar-refractivity contribution < 1.29 is 4.79 Å². The first-order valence-corrected chi connectivity index (χ1v) is 6.61. The largest absolute Gasteiger partial charge is 0.322 e. The summed E-state index contributed by atoms with van der Waals surface area (Å²) >= 11 is 0. The molecule has 0 aliphatic rings. The Morgan fingerprint density at radius 3 is 2.74 bits per heavy atom. The average molecular weight is 267 g/mol. The van der Waals surface area contributed by atoms with E-state index < -0.39 is 6.04 Å². The highest BCUT2D eigenvalue weighted by Crippen LogP contribution is 2.12. The Hall–Kier alpha value is -1.40. The van der Waals surface area contributed by atoms with Gasteiger partial charge in [0.05, 0.1) is 23.6 Å². The molecule has 19 heavy (non-hydrogen) atoms. The minimum absolute atomic E-state index is 0.138. The van der Waals surface area contributed by atoms with Crippen LogP contribution in [0.5, 0.6) is 0 Å². The fourth-order valence-electron chi connectivity index (χ4n) is 1.77. The van der Waals surface area contributed by atoms with E-state index in [-0.39, 0.29) is 5.91 Å². The molecule has 1 amide bonds. The van der Waals surface area contributed by atoms with E-state index in [0.717, 1.165) is 30.8 Å². The summed E-state index contributed by atoms with van der Waals surface area (Å²) in [6.07, 6.45) is 4.36. The van der Waals surface area contributed by atoms with E-state index >= 15 is 0 Å². The molecule has 3 N–H and O–H groups in total. The fourth-order valence-corrected chi connectivity index (χ4v) is 1.77. The van der Waals surface area contributed by atoms with Crippen molar-refractivity contribution in [2.45, 2.75) is 32.2 Å². The van der Waals surface area contributed by atoms with E-state index in [1.807, 2.05) is 28.1 Å². The molecule has 0 saturated carbocycles. The summed E-state index contributed by atoms with van der Waals surface area (Å²) in [5.74, 6) is -0.138. The molecule has 1 atom stereocenters. The lowest BCUT2D eigenvalue weighted by atomic mass is 10.1. The molecule has 0 saturated heterocycles. The first-order chi connectivity index (χ1) is 8.91. The minimum Gasteiger partial charge on any atom is -0.322 e. The molecular formula is C13H25N5O. The number of nitrogens with one attached hydrogen (secondary N) is 1. The van der Waals surface area contributed by atoms with Crippen molar-refractivity contribution >= 4 is 11.6 Å².